The zero-order valence-electron chi connectivity index (χ0n) is 18.9. The van der Waals surface area contributed by atoms with Gasteiger partial charge in [-0.15, -0.1) is 0 Å². The number of hydrogen-bond donors (Lipinski definition) is 1. The minimum atomic E-state index is -3.72. The number of nitrogens with zero attached hydrogens (tertiary/aromatic N) is 1. The zero-order valence-corrected chi connectivity index (χ0v) is 19.7. The van der Waals surface area contributed by atoms with Crippen LogP contribution in [0.2, 0.25) is 0 Å². The van der Waals surface area contributed by atoms with Crippen LogP contribution in [0, 0.1) is 5.41 Å². The van der Waals surface area contributed by atoms with Gasteiger partial charge in [0.2, 0.25) is 10.0 Å². The fourth-order valence-electron chi connectivity index (χ4n) is 4.25. The smallest absolute Gasteiger partial charge is 0.263 e. The molecule has 0 bridgehead atoms. The quantitative estimate of drug-likeness (QED) is 0.727. The molecule has 0 aliphatic carbocycles. The second kappa shape index (κ2) is 8.54. The second-order valence-electron chi connectivity index (χ2n) is 9.96. The molecule has 1 N–H and O–H groups in total. The second-order valence-corrected chi connectivity index (χ2v) is 11.9. The van der Waals surface area contributed by atoms with Crippen molar-refractivity contribution in [1.29, 1.82) is 0 Å². The van der Waals surface area contributed by atoms with E-state index in [1.165, 1.54) is 4.31 Å². The Balaban J connectivity index is 1.85. The molecule has 1 aliphatic rings. The number of benzene rings is 2. The lowest BCUT2D eigenvalue weighted by Crippen LogP contribution is -2.55. The summed E-state index contributed by atoms with van der Waals surface area (Å²) in [5, 5.41) is 3.05. The van der Waals surface area contributed by atoms with Crippen LogP contribution in [-0.2, 0) is 20.6 Å². The molecule has 6 nitrogen and oxygen atoms in total. The van der Waals surface area contributed by atoms with E-state index >= 15 is 0 Å². The summed E-state index contributed by atoms with van der Waals surface area (Å²) in [6, 6.07) is 16.0. The van der Waals surface area contributed by atoms with Crippen LogP contribution in [0.4, 0.5) is 5.69 Å². The number of fused-ring (bicyclic) bond motifs is 1. The molecule has 2 aromatic carbocycles. The highest BCUT2D eigenvalue weighted by Gasteiger charge is 2.38. The summed E-state index contributed by atoms with van der Waals surface area (Å²) < 4.78 is 33.8. The van der Waals surface area contributed by atoms with Crippen molar-refractivity contribution in [3.05, 3.63) is 60.2 Å². The van der Waals surface area contributed by atoms with E-state index in [1.807, 2.05) is 32.0 Å². The fraction of sp³-hybridized carbons (Fsp3) is 0.458. The van der Waals surface area contributed by atoms with E-state index in [-0.39, 0.29) is 23.6 Å². The number of sulfonamides is 1. The lowest BCUT2D eigenvalue weighted by atomic mass is 9.81. The van der Waals surface area contributed by atoms with Crippen LogP contribution < -0.4 is 14.4 Å². The average molecular weight is 445 g/mol. The summed E-state index contributed by atoms with van der Waals surface area (Å²) in [6.07, 6.45) is -0.162. The van der Waals surface area contributed by atoms with Gasteiger partial charge in [0.15, 0.2) is 6.10 Å². The first-order valence-corrected chi connectivity index (χ1v) is 12.1. The normalized spacial score (nSPS) is 16.9. The Kier molecular flexibility index (Phi) is 6.37. The third-order valence-corrected chi connectivity index (χ3v) is 6.70. The Hall–Kier alpha value is -2.54. The van der Waals surface area contributed by atoms with Crippen LogP contribution in [0.3, 0.4) is 0 Å². The van der Waals surface area contributed by atoms with Crippen molar-refractivity contribution >= 4 is 21.6 Å². The summed E-state index contributed by atoms with van der Waals surface area (Å²) in [6.45, 7) is 10.2. The highest BCUT2D eigenvalue weighted by Crippen LogP contribution is 2.36. The molecule has 1 atom stereocenters. The van der Waals surface area contributed by atoms with E-state index < -0.39 is 21.7 Å². The number of amides is 1. The third-order valence-electron chi connectivity index (χ3n) is 4.99. The molecular formula is C24H32N2O4S. The Bertz CT molecular complexity index is 1030. The van der Waals surface area contributed by atoms with Crippen molar-refractivity contribution in [2.75, 3.05) is 10.8 Å². The molecule has 7 heteroatoms. The maximum Gasteiger partial charge on any atom is 0.263 e. The molecule has 0 saturated carbocycles. The van der Waals surface area contributed by atoms with Crippen molar-refractivity contribution in [2.24, 2.45) is 5.41 Å². The van der Waals surface area contributed by atoms with Gasteiger partial charge in [-0.05, 0) is 43.4 Å². The van der Waals surface area contributed by atoms with E-state index in [0.717, 1.165) is 6.42 Å². The Morgan fingerprint density at radius 3 is 2.29 bits per heavy atom. The molecule has 1 amide bonds. The van der Waals surface area contributed by atoms with E-state index in [4.69, 9.17) is 4.74 Å². The predicted octanol–water partition coefficient (Wildman–Crippen LogP) is 4.12. The van der Waals surface area contributed by atoms with Crippen LogP contribution in [-0.4, -0.2) is 32.5 Å². The first-order valence-electron chi connectivity index (χ1n) is 10.5. The molecule has 2 aromatic rings. The van der Waals surface area contributed by atoms with Crippen molar-refractivity contribution in [3.63, 3.8) is 0 Å². The lowest BCUT2D eigenvalue weighted by Gasteiger charge is -2.38. The number of ether oxygens (including phenoxy) is 1. The zero-order chi connectivity index (χ0) is 22.9. The van der Waals surface area contributed by atoms with Gasteiger partial charge in [-0.2, -0.15) is 0 Å². The maximum atomic E-state index is 13.3. The first-order chi connectivity index (χ1) is 14.4. The van der Waals surface area contributed by atoms with Gasteiger partial charge in [-0.25, -0.2) is 8.42 Å². The number of carbonyl (C=O) groups excluding carboxylic acids is 1. The number of rotatable bonds is 6. The number of para-hydroxylation sites is 2. The largest absolute Gasteiger partial charge is 0.476 e. The Morgan fingerprint density at radius 1 is 1.03 bits per heavy atom. The lowest BCUT2D eigenvalue weighted by molar-refractivity contribution is -0.129. The molecule has 3 rings (SSSR count). The number of carbonyl (C=O) groups is 1. The first kappa shape index (κ1) is 23.1. The van der Waals surface area contributed by atoms with Gasteiger partial charge in [0.1, 0.15) is 5.75 Å². The van der Waals surface area contributed by atoms with Crippen LogP contribution in [0.25, 0.3) is 0 Å². The summed E-state index contributed by atoms with van der Waals surface area (Å²) in [5.74, 6) is -0.0747. The van der Waals surface area contributed by atoms with E-state index in [0.29, 0.717) is 17.0 Å². The van der Waals surface area contributed by atoms with Gasteiger partial charge < -0.3 is 10.1 Å². The van der Waals surface area contributed by atoms with Crippen LogP contribution >= 0.6 is 0 Å². The average Bonchev–Trinajstić information content (AvgIpc) is 2.65. The maximum absolute atomic E-state index is 13.3. The van der Waals surface area contributed by atoms with E-state index in [9.17, 15) is 13.2 Å². The van der Waals surface area contributed by atoms with Gasteiger partial charge in [-0.1, -0.05) is 63.2 Å². The van der Waals surface area contributed by atoms with Crippen LogP contribution in [0.15, 0.2) is 54.6 Å². The van der Waals surface area contributed by atoms with Gasteiger partial charge in [0.25, 0.3) is 5.91 Å². The molecule has 0 aromatic heterocycles. The molecule has 0 radical (unpaired) electrons. The summed E-state index contributed by atoms with van der Waals surface area (Å²) in [5.41, 5.74) is 0.723. The summed E-state index contributed by atoms with van der Waals surface area (Å²) in [4.78, 5) is 13.1. The third kappa shape index (κ3) is 6.00. The monoisotopic (exact) mass is 444 g/mol. The van der Waals surface area contributed by atoms with Crippen LogP contribution in [0.1, 0.15) is 46.6 Å². The van der Waals surface area contributed by atoms with E-state index in [1.54, 1.807) is 36.4 Å². The highest BCUT2D eigenvalue weighted by molar-refractivity contribution is 7.92. The number of nitrogens with one attached hydrogen (secondary N) is 1. The van der Waals surface area contributed by atoms with Crippen LogP contribution in [0.5, 0.6) is 5.75 Å². The molecule has 0 fully saturated rings. The molecule has 0 unspecified atom stereocenters. The van der Waals surface area contributed by atoms with Crippen molar-refractivity contribution in [2.45, 2.75) is 58.4 Å². The molecule has 1 heterocycles. The number of hydrogen-bond acceptors (Lipinski definition) is 4. The van der Waals surface area contributed by atoms with Gasteiger partial charge in [0, 0.05) is 5.54 Å². The Morgan fingerprint density at radius 2 is 1.65 bits per heavy atom. The predicted molar refractivity (Wildman–Crippen MR) is 124 cm³/mol. The molecule has 31 heavy (non-hydrogen) atoms. The van der Waals surface area contributed by atoms with Crippen molar-refractivity contribution < 1.29 is 17.9 Å². The molecule has 168 valence electrons. The fourth-order valence-corrected chi connectivity index (χ4v) is 5.83. The minimum Gasteiger partial charge on any atom is -0.476 e. The molecule has 1 aliphatic heterocycles. The van der Waals surface area contributed by atoms with Gasteiger partial charge >= 0.3 is 0 Å². The van der Waals surface area contributed by atoms with E-state index in [2.05, 4.69) is 26.1 Å². The summed E-state index contributed by atoms with van der Waals surface area (Å²) >= 11 is 0. The SMILES string of the molecule is CC(C)(C)CC(C)(C)NC(=O)[C@H]1CN(S(=O)(=O)Cc2ccccc2)c2ccccc2O1. The molecule has 0 spiro atoms. The van der Waals surface area contributed by atoms with Gasteiger partial charge in [0.05, 0.1) is 18.0 Å². The van der Waals surface area contributed by atoms with Gasteiger partial charge in [-0.3, -0.25) is 9.10 Å². The highest BCUT2D eigenvalue weighted by atomic mass is 32.2. The topological polar surface area (TPSA) is 75.7 Å². The molecular weight excluding hydrogens is 412 g/mol. The molecule has 0 saturated heterocycles. The minimum absolute atomic E-state index is 0.0296. The summed E-state index contributed by atoms with van der Waals surface area (Å²) in [7, 11) is -3.72. The standard InChI is InChI=1S/C24H32N2O4S/c1-23(2,3)17-24(4,5)25-22(27)21-15-26(19-13-9-10-14-20(19)30-21)31(28,29)16-18-11-7-6-8-12-18/h6-14,21H,15-17H2,1-5H3,(H,25,27)/t21-/m1/s1. The number of anilines is 1. The Labute approximate surface area is 185 Å². The van der Waals surface area contributed by atoms with Crippen molar-refractivity contribution in [3.8, 4) is 5.75 Å². The van der Waals surface area contributed by atoms with Crippen molar-refractivity contribution in [1.82, 2.24) is 5.32 Å².